The van der Waals surface area contributed by atoms with Crippen LogP contribution in [0.3, 0.4) is 0 Å². The summed E-state index contributed by atoms with van der Waals surface area (Å²) < 4.78 is 7.15. The molecule has 0 radical (unpaired) electrons. The smallest absolute Gasteiger partial charge is 0.138 e. The van der Waals surface area contributed by atoms with E-state index in [1.807, 2.05) is 25.2 Å². The lowest BCUT2D eigenvalue weighted by atomic mass is 9.58. The SMILES string of the molecule is CCC1(CC)C(NC)CC1Oc1ccc(Br)cc1Cl. The van der Waals surface area contributed by atoms with Crippen LogP contribution in [0.15, 0.2) is 22.7 Å². The van der Waals surface area contributed by atoms with Crippen molar-refractivity contribution in [3.63, 3.8) is 0 Å². The minimum absolute atomic E-state index is 0.227. The third kappa shape index (κ3) is 2.65. The Balaban J connectivity index is 2.15. The molecular weight excluding hydrogens is 326 g/mol. The molecule has 1 aliphatic rings. The van der Waals surface area contributed by atoms with Crippen molar-refractivity contribution in [3.05, 3.63) is 27.7 Å². The number of nitrogens with one attached hydrogen (secondary N) is 1. The van der Waals surface area contributed by atoms with Gasteiger partial charge in [-0.1, -0.05) is 41.4 Å². The first-order valence-corrected chi connectivity index (χ1v) is 8.03. The number of hydrogen-bond acceptors (Lipinski definition) is 2. The third-order valence-electron chi connectivity index (χ3n) is 4.61. The zero-order chi connectivity index (χ0) is 14.0. The molecule has 0 spiro atoms. The minimum Gasteiger partial charge on any atom is -0.488 e. The molecule has 2 rings (SSSR count). The molecule has 1 aliphatic carbocycles. The molecular formula is C15H21BrClNO. The zero-order valence-electron chi connectivity index (χ0n) is 11.7. The number of hydrogen-bond donors (Lipinski definition) is 1. The number of benzene rings is 1. The van der Waals surface area contributed by atoms with Gasteiger partial charge in [0.1, 0.15) is 11.9 Å². The molecule has 1 aromatic rings. The van der Waals surface area contributed by atoms with Crippen LogP contribution in [0.5, 0.6) is 5.75 Å². The predicted octanol–water partition coefficient (Wildman–Crippen LogP) is 4.65. The maximum atomic E-state index is 6.23. The van der Waals surface area contributed by atoms with Gasteiger partial charge in [-0.3, -0.25) is 0 Å². The highest BCUT2D eigenvalue weighted by Gasteiger charge is 2.53. The molecule has 2 atom stereocenters. The summed E-state index contributed by atoms with van der Waals surface area (Å²) in [4.78, 5) is 0. The number of ether oxygens (including phenoxy) is 1. The van der Waals surface area contributed by atoms with Gasteiger partial charge in [0.05, 0.1) is 5.02 Å². The van der Waals surface area contributed by atoms with E-state index in [0.717, 1.165) is 29.5 Å². The van der Waals surface area contributed by atoms with E-state index in [1.54, 1.807) is 0 Å². The Morgan fingerprint density at radius 2 is 2.11 bits per heavy atom. The van der Waals surface area contributed by atoms with E-state index in [1.165, 1.54) is 0 Å². The van der Waals surface area contributed by atoms with Crippen molar-refractivity contribution in [2.24, 2.45) is 5.41 Å². The summed E-state index contributed by atoms with van der Waals surface area (Å²) in [7, 11) is 2.04. The second-order valence-electron chi connectivity index (χ2n) is 5.20. The highest BCUT2D eigenvalue weighted by Crippen LogP contribution is 2.49. The van der Waals surface area contributed by atoms with Crippen molar-refractivity contribution in [1.29, 1.82) is 0 Å². The lowest BCUT2D eigenvalue weighted by molar-refractivity contribution is -0.0835. The fraction of sp³-hybridized carbons (Fsp3) is 0.600. The van der Waals surface area contributed by atoms with E-state index < -0.39 is 0 Å². The lowest BCUT2D eigenvalue weighted by Gasteiger charge is -2.55. The van der Waals surface area contributed by atoms with E-state index in [0.29, 0.717) is 11.1 Å². The summed E-state index contributed by atoms with van der Waals surface area (Å²) in [5.74, 6) is 0.788. The molecule has 106 valence electrons. The lowest BCUT2D eigenvalue weighted by Crippen LogP contribution is -2.63. The largest absolute Gasteiger partial charge is 0.488 e. The molecule has 4 heteroatoms. The zero-order valence-corrected chi connectivity index (χ0v) is 14.0. The second kappa shape index (κ2) is 6.02. The standard InChI is InChI=1S/C15H21BrClNO/c1-4-15(5-2)13(18-3)9-14(15)19-12-7-6-10(16)8-11(12)17/h6-8,13-14,18H,4-5,9H2,1-3H3. The highest BCUT2D eigenvalue weighted by molar-refractivity contribution is 9.10. The van der Waals surface area contributed by atoms with Crippen molar-refractivity contribution in [2.45, 2.75) is 45.3 Å². The third-order valence-corrected chi connectivity index (χ3v) is 5.40. The summed E-state index contributed by atoms with van der Waals surface area (Å²) in [5, 5.41) is 4.08. The Morgan fingerprint density at radius 1 is 1.42 bits per heavy atom. The first-order chi connectivity index (χ1) is 9.07. The second-order valence-corrected chi connectivity index (χ2v) is 6.52. The maximum absolute atomic E-state index is 6.23. The van der Waals surface area contributed by atoms with Crippen LogP contribution in [0, 0.1) is 5.41 Å². The van der Waals surface area contributed by atoms with Gasteiger partial charge in [0.25, 0.3) is 0 Å². The van der Waals surface area contributed by atoms with Crippen molar-refractivity contribution in [1.82, 2.24) is 5.32 Å². The summed E-state index contributed by atoms with van der Waals surface area (Å²) in [6, 6.07) is 6.33. The van der Waals surface area contributed by atoms with Crippen LogP contribution < -0.4 is 10.1 Å². The summed E-state index contributed by atoms with van der Waals surface area (Å²) in [6.45, 7) is 4.49. The molecule has 1 fully saturated rings. The first kappa shape index (κ1) is 15.1. The Hall–Kier alpha value is -0.250. The molecule has 2 nitrogen and oxygen atoms in total. The van der Waals surface area contributed by atoms with E-state index in [9.17, 15) is 0 Å². The van der Waals surface area contributed by atoms with Crippen LogP contribution in [0.1, 0.15) is 33.1 Å². The minimum atomic E-state index is 0.227. The molecule has 2 unspecified atom stereocenters. The average Bonchev–Trinajstić information content (AvgIpc) is 2.38. The van der Waals surface area contributed by atoms with Crippen LogP contribution >= 0.6 is 27.5 Å². The molecule has 0 bridgehead atoms. The topological polar surface area (TPSA) is 21.3 Å². The van der Waals surface area contributed by atoms with Gasteiger partial charge in [0, 0.05) is 22.4 Å². The van der Waals surface area contributed by atoms with E-state index in [2.05, 4.69) is 35.1 Å². The fourth-order valence-corrected chi connectivity index (χ4v) is 3.96. The van der Waals surface area contributed by atoms with Crippen molar-refractivity contribution in [2.75, 3.05) is 7.05 Å². The van der Waals surface area contributed by atoms with Gasteiger partial charge >= 0.3 is 0 Å². The number of rotatable bonds is 5. The van der Waals surface area contributed by atoms with Gasteiger partial charge in [-0.25, -0.2) is 0 Å². The molecule has 1 N–H and O–H groups in total. The van der Waals surface area contributed by atoms with E-state index in [-0.39, 0.29) is 11.5 Å². The van der Waals surface area contributed by atoms with Crippen LogP contribution in [0.2, 0.25) is 5.02 Å². The van der Waals surface area contributed by atoms with Gasteiger partial charge in [-0.05, 0) is 38.1 Å². The van der Waals surface area contributed by atoms with Crippen LogP contribution in [0.4, 0.5) is 0 Å². The highest BCUT2D eigenvalue weighted by atomic mass is 79.9. The molecule has 0 heterocycles. The van der Waals surface area contributed by atoms with Gasteiger partial charge in [0.15, 0.2) is 0 Å². The monoisotopic (exact) mass is 345 g/mol. The predicted molar refractivity (Wildman–Crippen MR) is 84.0 cm³/mol. The molecule has 0 saturated heterocycles. The van der Waals surface area contributed by atoms with E-state index >= 15 is 0 Å². The Kier molecular flexibility index (Phi) is 4.80. The molecule has 0 aromatic heterocycles. The molecule has 0 aliphatic heterocycles. The molecule has 0 amide bonds. The maximum Gasteiger partial charge on any atom is 0.138 e. The van der Waals surface area contributed by atoms with Crippen LogP contribution in [-0.4, -0.2) is 19.2 Å². The Morgan fingerprint density at radius 3 is 2.63 bits per heavy atom. The van der Waals surface area contributed by atoms with Crippen molar-refractivity contribution >= 4 is 27.5 Å². The number of halogens is 2. The summed E-state index contributed by atoms with van der Waals surface area (Å²) >= 11 is 9.65. The normalized spacial score (nSPS) is 24.9. The quantitative estimate of drug-likeness (QED) is 0.838. The van der Waals surface area contributed by atoms with Crippen molar-refractivity contribution in [3.8, 4) is 5.75 Å². The first-order valence-electron chi connectivity index (χ1n) is 6.86. The Bertz CT molecular complexity index is 448. The van der Waals surface area contributed by atoms with Crippen LogP contribution in [0.25, 0.3) is 0 Å². The van der Waals surface area contributed by atoms with Gasteiger partial charge < -0.3 is 10.1 Å². The van der Waals surface area contributed by atoms with Crippen LogP contribution in [-0.2, 0) is 0 Å². The summed E-state index contributed by atoms with van der Waals surface area (Å²) in [6.07, 6.45) is 3.53. The average molecular weight is 347 g/mol. The molecule has 19 heavy (non-hydrogen) atoms. The van der Waals surface area contributed by atoms with Gasteiger partial charge in [-0.15, -0.1) is 0 Å². The van der Waals surface area contributed by atoms with Gasteiger partial charge in [0.2, 0.25) is 0 Å². The summed E-state index contributed by atoms with van der Waals surface area (Å²) in [5.41, 5.74) is 0.227. The Labute approximate surface area is 129 Å². The molecule has 1 saturated carbocycles. The fourth-order valence-electron chi connectivity index (χ4n) is 3.24. The van der Waals surface area contributed by atoms with E-state index in [4.69, 9.17) is 16.3 Å². The molecule has 1 aromatic carbocycles. The van der Waals surface area contributed by atoms with Crippen molar-refractivity contribution < 1.29 is 4.74 Å². The van der Waals surface area contributed by atoms with Gasteiger partial charge in [-0.2, -0.15) is 0 Å².